The van der Waals surface area contributed by atoms with Crippen LogP contribution in [0, 0.1) is 0 Å². The number of carbonyl (C=O) groups excluding carboxylic acids is 2. The van der Waals surface area contributed by atoms with Crippen LogP contribution in [0.4, 0.5) is 0 Å². The molecule has 3 heterocycles. The van der Waals surface area contributed by atoms with Gasteiger partial charge >= 0.3 is 29.0 Å². The largest absolute Gasteiger partial charge is 0.461 e. The molecule has 0 bridgehead atoms. The Labute approximate surface area is 174 Å². The second kappa shape index (κ2) is 10.5. The van der Waals surface area contributed by atoms with E-state index in [1.807, 2.05) is 0 Å². The number of methoxy groups -OCH3 is 1. The molecule has 3 rings (SSSR count). The molecular formula is C17H23N3O11. The first-order chi connectivity index (χ1) is 14.9. The monoisotopic (exact) mass is 445 g/mol. The lowest BCUT2D eigenvalue weighted by Gasteiger charge is -2.13. The lowest BCUT2D eigenvalue weighted by molar-refractivity contribution is -0.145. The van der Waals surface area contributed by atoms with Crippen LogP contribution in [0.1, 0.15) is 0 Å². The second-order valence-electron chi connectivity index (χ2n) is 6.75. The highest BCUT2D eigenvalue weighted by molar-refractivity contribution is 5.69. The average Bonchev–Trinajstić information content (AvgIpc) is 3.65. The summed E-state index contributed by atoms with van der Waals surface area (Å²) in [6.45, 7) is -0.885. The summed E-state index contributed by atoms with van der Waals surface area (Å²) in [4.78, 5) is 62.1. The van der Waals surface area contributed by atoms with Gasteiger partial charge in [-0.15, -0.1) is 0 Å². The van der Waals surface area contributed by atoms with Crippen molar-refractivity contribution >= 4 is 11.9 Å². The standard InChI is InChI=1S/C17H23N3O11/c1-26-2-3-27-10-20-16(24)18(4-13(21)30-8-11-6-28-11)15(23)19(17(20)25)5-14(22)31-9-12-7-29-12/h11-12H,2-10H2,1H3. The molecule has 0 N–H and O–H groups in total. The highest BCUT2D eigenvalue weighted by Crippen LogP contribution is 2.09. The Balaban J connectivity index is 1.82. The molecule has 1 aromatic heterocycles. The van der Waals surface area contributed by atoms with Crippen LogP contribution in [0.2, 0.25) is 0 Å². The number of hydrogen-bond acceptors (Lipinski definition) is 11. The molecule has 31 heavy (non-hydrogen) atoms. The molecule has 2 atom stereocenters. The third kappa shape index (κ3) is 6.58. The molecule has 2 fully saturated rings. The van der Waals surface area contributed by atoms with Crippen molar-refractivity contribution in [3.05, 3.63) is 31.5 Å². The maximum atomic E-state index is 12.7. The smallest absolute Gasteiger partial charge is 0.338 e. The summed E-state index contributed by atoms with van der Waals surface area (Å²) in [7, 11) is 1.44. The molecule has 0 aliphatic carbocycles. The molecule has 2 aliphatic rings. The van der Waals surface area contributed by atoms with E-state index in [9.17, 15) is 24.0 Å². The Morgan fingerprint density at radius 1 is 0.839 bits per heavy atom. The van der Waals surface area contributed by atoms with E-state index in [0.717, 1.165) is 0 Å². The summed E-state index contributed by atoms with van der Waals surface area (Å²) in [5.74, 6) is -1.75. The molecule has 0 saturated carbocycles. The number of carbonyl (C=O) groups is 2. The quantitative estimate of drug-likeness (QED) is 0.170. The van der Waals surface area contributed by atoms with Gasteiger partial charge in [0.25, 0.3) is 0 Å². The van der Waals surface area contributed by atoms with Crippen molar-refractivity contribution in [2.75, 3.05) is 46.8 Å². The minimum Gasteiger partial charge on any atom is -0.461 e. The highest BCUT2D eigenvalue weighted by atomic mass is 16.6. The van der Waals surface area contributed by atoms with E-state index >= 15 is 0 Å². The first-order valence-electron chi connectivity index (χ1n) is 9.46. The van der Waals surface area contributed by atoms with E-state index in [1.54, 1.807) is 0 Å². The molecule has 2 saturated heterocycles. The zero-order valence-corrected chi connectivity index (χ0v) is 16.9. The Morgan fingerprint density at radius 2 is 1.29 bits per heavy atom. The normalized spacial score (nSPS) is 19.1. The van der Waals surface area contributed by atoms with Crippen molar-refractivity contribution < 1.29 is 38.0 Å². The van der Waals surface area contributed by atoms with Crippen molar-refractivity contribution in [2.45, 2.75) is 32.0 Å². The molecule has 0 aromatic carbocycles. The second-order valence-corrected chi connectivity index (χ2v) is 6.75. The summed E-state index contributed by atoms with van der Waals surface area (Å²) < 4.78 is 31.3. The van der Waals surface area contributed by atoms with Crippen LogP contribution in [-0.4, -0.2) is 84.6 Å². The van der Waals surface area contributed by atoms with Crippen LogP contribution in [0.15, 0.2) is 14.4 Å². The molecule has 2 aliphatic heterocycles. The third-order valence-corrected chi connectivity index (χ3v) is 4.28. The number of nitrogens with zero attached hydrogens (tertiary/aromatic N) is 3. The number of ether oxygens (including phenoxy) is 6. The van der Waals surface area contributed by atoms with Gasteiger partial charge in [-0.25, -0.2) is 28.1 Å². The summed E-state index contributed by atoms with van der Waals surface area (Å²) in [5, 5.41) is 0. The van der Waals surface area contributed by atoms with Crippen LogP contribution in [0.25, 0.3) is 0 Å². The van der Waals surface area contributed by atoms with Gasteiger partial charge in [0.05, 0.1) is 26.4 Å². The van der Waals surface area contributed by atoms with Crippen LogP contribution >= 0.6 is 0 Å². The number of esters is 2. The van der Waals surface area contributed by atoms with Gasteiger partial charge in [-0.1, -0.05) is 0 Å². The van der Waals surface area contributed by atoms with Crippen LogP contribution in [-0.2, 0) is 57.8 Å². The zero-order chi connectivity index (χ0) is 22.4. The van der Waals surface area contributed by atoms with Gasteiger partial charge in [0.15, 0.2) is 0 Å². The van der Waals surface area contributed by atoms with E-state index in [0.29, 0.717) is 26.9 Å². The van der Waals surface area contributed by atoms with Gasteiger partial charge in [-0.2, -0.15) is 0 Å². The molecule has 0 spiro atoms. The highest BCUT2D eigenvalue weighted by Gasteiger charge is 2.27. The number of hydrogen-bond donors (Lipinski definition) is 0. The van der Waals surface area contributed by atoms with E-state index < -0.39 is 48.8 Å². The molecule has 14 nitrogen and oxygen atoms in total. The van der Waals surface area contributed by atoms with Gasteiger partial charge in [-0.3, -0.25) is 9.59 Å². The lowest BCUT2D eigenvalue weighted by Crippen LogP contribution is -2.56. The Bertz CT molecular complexity index is 903. The fourth-order valence-electron chi connectivity index (χ4n) is 2.41. The van der Waals surface area contributed by atoms with Gasteiger partial charge < -0.3 is 28.4 Å². The van der Waals surface area contributed by atoms with Crippen LogP contribution < -0.4 is 17.1 Å². The summed E-state index contributed by atoms with van der Waals surface area (Å²) in [5.41, 5.74) is -3.31. The van der Waals surface area contributed by atoms with Crippen molar-refractivity contribution in [3.8, 4) is 0 Å². The van der Waals surface area contributed by atoms with Crippen molar-refractivity contribution in [2.24, 2.45) is 0 Å². The van der Waals surface area contributed by atoms with Crippen molar-refractivity contribution in [3.63, 3.8) is 0 Å². The predicted octanol–water partition coefficient (Wildman–Crippen LogP) is -3.32. The number of rotatable bonds is 13. The van der Waals surface area contributed by atoms with Crippen LogP contribution in [0.3, 0.4) is 0 Å². The summed E-state index contributed by atoms with van der Waals surface area (Å²) in [6.07, 6.45) is -0.406. The van der Waals surface area contributed by atoms with E-state index in [2.05, 4.69) is 0 Å². The molecular weight excluding hydrogens is 422 g/mol. The van der Waals surface area contributed by atoms with E-state index in [1.165, 1.54) is 7.11 Å². The SMILES string of the molecule is COCCOCn1c(=O)n(CC(=O)OCC2CO2)c(=O)n(CC(=O)OCC2CO2)c1=O. The fourth-order valence-corrected chi connectivity index (χ4v) is 2.41. The first-order valence-corrected chi connectivity index (χ1v) is 9.46. The molecule has 1 aromatic rings. The summed E-state index contributed by atoms with van der Waals surface area (Å²) >= 11 is 0. The van der Waals surface area contributed by atoms with E-state index in [4.69, 9.17) is 28.4 Å². The zero-order valence-electron chi connectivity index (χ0n) is 16.9. The predicted molar refractivity (Wildman–Crippen MR) is 98.4 cm³/mol. The Kier molecular flexibility index (Phi) is 7.73. The molecule has 14 heteroatoms. The van der Waals surface area contributed by atoms with Gasteiger partial charge in [-0.05, 0) is 0 Å². The minimum absolute atomic E-state index is 0.0168. The van der Waals surface area contributed by atoms with Gasteiger partial charge in [0, 0.05) is 7.11 Å². The topological polar surface area (TPSA) is 162 Å². The molecule has 172 valence electrons. The maximum absolute atomic E-state index is 12.7. The molecule has 2 unspecified atom stereocenters. The van der Waals surface area contributed by atoms with Crippen molar-refractivity contribution in [1.29, 1.82) is 0 Å². The minimum atomic E-state index is -1.15. The van der Waals surface area contributed by atoms with Gasteiger partial charge in [0.1, 0.15) is 45.2 Å². The Hall–Kier alpha value is -2.81. The lowest BCUT2D eigenvalue weighted by atomic mass is 10.5. The third-order valence-electron chi connectivity index (χ3n) is 4.28. The van der Waals surface area contributed by atoms with Crippen molar-refractivity contribution in [1.82, 2.24) is 13.7 Å². The number of epoxide rings is 2. The summed E-state index contributed by atoms with van der Waals surface area (Å²) in [6, 6.07) is 0. The number of aromatic nitrogens is 3. The van der Waals surface area contributed by atoms with Gasteiger partial charge in [0.2, 0.25) is 0 Å². The van der Waals surface area contributed by atoms with E-state index in [-0.39, 0.29) is 38.6 Å². The Morgan fingerprint density at radius 3 is 1.71 bits per heavy atom. The van der Waals surface area contributed by atoms with Crippen LogP contribution in [0.5, 0.6) is 0 Å². The fraction of sp³-hybridized carbons (Fsp3) is 0.706. The molecule has 0 amide bonds. The molecule has 0 radical (unpaired) electrons. The average molecular weight is 445 g/mol. The maximum Gasteiger partial charge on any atom is 0.338 e. The first kappa shape index (κ1) is 22.9.